The highest BCUT2D eigenvalue weighted by Crippen LogP contribution is 2.32. The normalized spacial score (nSPS) is 14.5. The van der Waals surface area contributed by atoms with Crippen molar-refractivity contribution >= 4 is 11.6 Å². The predicted octanol–water partition coefficient (Wildman–Crippen LogP) is 2.83. The molecule has 0 aliphatic carbocycles. The van der Waals surface area contributed by atoms with E-state index in [-0.39, 0.29) is 17.8 Å². The molecular weight excluding hydrogens is 421 g/mol. The fraction of sp³-hybridized carbons (Fsp3) is 0.240. The molecule has 7 nitrogen and oxygen atoms in total. The van der Waals surface area contributed by atoms with Gasteiger partial charge in [0.1, 0.15) is 5.82 Å². The van der Waals surface area contributed by atoms with Gasteiger partial charge >= 0.3 is 0 Å². The number of amides is 1. The maximum Gasteiger partial charge on any atom is 0.255 e. The minimum absolute atomic E-state index is 0.117. The first-order valence-corrected chi connectivity index (χ1v) is 10.5. The number of pyridine rings is 1. The molecule has 2 heterocycles. The quantitative estimate of drug-likeness (QED) is 0.637. The maximum atomic E-state index is 14.8. The molecular formula is C25H26FN5O2. The van der Waals surface area contributed by atoms with Crippen molar-refractivity contribution in [2.75, 3.05) is 39.0 Å². The fourth-order valence-corrected chi connectivity index (χ4v) is 3.99. The Hall–Kier alpha value is -3.80. The van der Waals surface area contributed by atoms with Crippen molar-refractivity contribution in [2.24, 2.45) is 0 Å². The first-order chi connectivity index (χ1) is 16.1. The van der Waals surface area contributed by atoms with Crippen LogP contribution in [0.3, 0.4) is 0 Å². The van der Waals surface area contributed by atoms with Crippen molar-refractivity contribution in [1.82, 2.24) is 14.8 Å². The van der Waals surface area contributed by atoms with Crippen molar-refractivity contribution in [3.8, 4) is 6.07 Å². The van der Waals surface area contributed by atoms with Crippen LogP contribution >= 0.6 is 0 Å². The minimum Gasteiger partial charge on any atom is -0.400 e. The summed E-state index contributed by atoms with van der Waals surface area (Å²) in [6.07, 6.45) is 3.02. The zero-order valence-corrected chi connectivity index (χ0v) is 18.4. The SMILES string of the molecule is CO.N#Cc1ccc(F)c([C@H](c2ccccc2)N2CCN(C(=O)c3cncc(N)c3)CC2)c1. The van der Waals surface area contributed by atoms with Crippen molar-refractivity contribution in [1.29, 1.82) is 5.26 Å². The Labute approximate surface area is 192 Å². The molecule has 1 aliphatic heterocycles. The van der Waals surface area contributed by atoms with Crippen molar-refractivity contribution in [3.05, 3.63) is 95.1 Å². The number of rotatable bonds is 4. The summed E-state index contributed by atoms with van der Waals surface area (Å²) < 4.78 is 14.8. The fourth-order valence-electron chi connectivity index (χ4n) is 3.99. The molecule has 2 aromatic carbocycles. The summed E-state index contributed by atoms with van der Waals surface area (Å²) >= 11 is 0. The molecule has 170 valence electrons. The van der Waals surface area contributed by atoms with Crippen molar-refractivity contribution in [3.63, 3.8) is 0 Å². The molecule has 1 saturated heterocycles. The molecule has 4 rings (SSSR count). The number of nitrogens with zero attached hydrogens (tertiary/aromatic N) is 4. The maximum absolute atomic E-state index is 14.8. The van der Waals surface area contributed by atoms with E-state index in [1.165, 1.54) is 24.5 Å². The van der Waals surface area contributed by atoms with E-state index < -0.39 is 0 Å². The molecule has 0 radical (unpaired) electrons. The summed E-state index contributed by atoms with van der Waals surface area (Å²) in [5.74, 6) is -0.467. The number of aromatic nitrogens is 1. The van der Waals surface area contributed by atoms with E-state index in [0.717, 1.165) is 12.7 Å². The van der Waals surface area contributed by atoms with Gasteiger partial charge < -0.3 is 15.7 Å². The van der Waals surface area contributed by atoms with Crippen LogP contribution in [0.15, 0.2) is 67.0 Å². The molecule has 1 aliphatic rings. The van der Waals surface area contributed by atoms with Crippen LogP contribution in [0.25, 0.3) is 0 Å². The van der Waals surface area contributed by atoms with Crippen molar-refractivity contribution in [2.45, 2.75) is 6.04 Å². The Balaban J connectivity index is 0.00000149. The second-order valence-electron chi connectivity index (χ2n) is 7.50. The average Bonchev–Trinajstić information content (AvgIpc) is 2.87. The van der Waals surface area contributed by atoms with E-state index in [9.17, 15) is 14.4 Å². The van der Waals surface area contributed by atoms with E-state index in [0.29, 0.717) is 48.6 Å². The first-order valence-electron chi connectivity index (χ1n) is 10.5. The second-order valence-corrected chi connectivity index (χ2v) is 7.50. The average molecular weight is 448 g/mol. The van der Waals surface area contributed by atoms with Gasteiger partial charge in [0, 0.05) is 51.2 Å². The number of nitriles is 1. The lowest BCUT2D eigenvalue weighted by molar-refractivity contribution is 0.0594. The van der Waals surface area contributed by atoms with Gasteiger partial charge in [-0.05, 0) is 29.8 Å². The van der Waals surface area contributed by atoms with Gasteiger partial charge in [0.15, 0.2) is 0 Å². The number of anilines is 1. The zero-order chi connectivity index (χ0) is 23.8. The minimum atomic E-state index is -0.350. The lowest BCUT2D eigenvalue weighted by Crippen LogP contribution is -2.50. The van der Waals surface area contributed by atoms with Crippen LogP contribution in [-0.2, 0) is 0 Å². The number of benzene rings is 2. The lowest BCUT2D eigenvalue weighted by atomic mass is 9.94. The van der Waals surface area contributed by atoms with Gasteiger partial charge in [0.25, 0.3) is 5.91 Å². The zero-order valence-electron chi connectivity index (χ0n) is 18.4. The Morgan fingerprint density at radius 1 is 1.09 bits per heavy atom. The van der Waals surface area contributed by atoms with Gasteiger partial charge in [-0.1, -0.05) is 30.3 Å². The standard InChI is InChI=1S/C24H22FN5O.CH4O/c25-22-7-6-17(14-26)12-21(22)23(18-4-2-1-3-5-18)29-8-10-30(11-9-29)24(31)19-13-20(27)16-28-15-19;1-2/h1-7,12-13,15-16,23H,8-11,27H2;2H,1H3/t23-;/m0./s1. The van der Waals surface area contributed by atoms with Crippen LogP contribution in [0.5, 0.6) is 0 Å². The third kappa shape index (κ3) is 5.52. The highest BCUT2D eigenvalue weighted by molar-refractivity contribution is 5.94. The summed E-state index contributed by atoms with van der Waals surface area (Å²) in [5, 5.41) is 16.3. The van der Waals surface area contributed by atoms with E-state index in [2.05, 4.69) is 16.0 Å². The Kier molecular flexibility index (Phi) is 8.08. The number of halogens is 1. The Morgan fingerprint density at radius 3 is 2.42 bits per heavy atom. The first kappa shape index (κ1) is 23.9. The molecule has 8 heteroatoms. The molecule has 3 N–H and O–H groups in total. The number of aliphatic hydroxyl groups excluding tert-OH is 1. The number of nitrogens with two attached hydrogens (primary N) is 1. The van der Waals surface area contributed by atoms with Crippen LogP contribution in [0, 0.1) is 17.1 Å². The molecule has 0 unspecified atom stereocenters. The van der Waals surface area contributed by atoms with Gasteiger partial charge in [0.2, 0.25) is 0 Å². The topological polar surface area (TPSA) is 106 Å². The van der Waals surface area contributed by atoms with E-state index in [1.807, 2.05) is 30.3 Å². The van der Waals surface area contributed by atoms with Gasteiger partial charge in [-0.15, -0.1) is 0 Å². The summed E-state index contributed by atoms with van der Waals surface area (Å²) in [6, 6.07) is 17.5. The molecule has 1 aromatic heterocycles. The summed E-state index contributed by atoms with van der Waals surface area (Å²) in [7, 11) is 1.00. The summed E-state index contributed by atoms with van der Waals surface area (Å²) in [4.78, 5) is 20.7. The van der Waals surface area contributed by atoms with Crippen LogP contribution < -0.4 is 5.73 Å². The van der Waals surface area contributed by atoms with Gasteiger partial charge in [-0.3, -0.25) is 14.7 Å². The monoisotopic (exact) mass is 447 g/mol. The van der Waals surface area contributed by atoms with Crippen LogP contribution in [0.2, 0.25) is 0 Å². The summed E-state index contributed by atoms with van der Waals surface area (Å²) in [5.41, 5.74) is 8.48. The van der Waals surface area contributed by atoms with Gasteiger partial charge in [0.05, 0.1) is 28.9 Å². The molecule has 3 aromatic rings. The molecule has 0 spiro atoms. The van der Waals surface area contributed by atoms with E-state index in [1.54, 1.807) is 17.0 Å². The Morgan fingerprint density at radius 2 is 1.79 bits per heavy atom. The molecule has 1 atom stereocenters. The second kappa shape index (κ2) is 11.2. The van der Waals surface area contributed by atoms with Crippen molar-refractivity contribution < 1.29 is 14.3 Å². The molecule has 0 bridgehead atoms. The number of aliphatic hydroxyl groups is 1. The molecule has 1 amide bonds. The highest BCUT2D eigenvalue weighted by atomic mass is 19.1. The number of hydrogen-bond donors (Lipinski definition) is 2. The highest BCUT2D eigenvalue weighted by Gasteiger charge is 2.30. The van der Waals surface area contributed by atoms with E-state index >= 15 is 0 Å². The van der Waals surface area contributed by atoms with Gasteiger partial charge in [-0.2, -0.15) is 5.26 Å². The predicted molar refractivity (Wildman–Crippen MR) is 124 cm³/mol. The third-order valence-corrected chi connectivity index (χ3v) is 5.51. The molecule has 33 heavy (non-hydrogen) atoms. The number of hydrogen-bond acceptors (Lipinski definition) is 6. The third-order valence-electron chi connectivity index (χ3n) is 5.51. The van der Waals surface area contributed by atoms with E-state index in [4.69, 9.17) is 10.8 Å². The molecule has 1 fully saturated rings. The van der Waals surface area contributed by atoms with Crippen LogP contribution in [0.4, 0.5) is 10.1 Å². The molecule has 0 saturated carbocycles. The summed E-state index contributed by atoms with van der Waals surface area (Å²) in [6.45, 7) is 2.13. The number of carbonyl (C=O) groups excluding carboxylic acids is 1. The van der Waals surface area contributed by atoms with Gasteiger partial charge in [-0.25, -0.2) is 4.39 Å². The van der Waals surface area contributed by atoms with Crippen LogP contribution in [0.1, 0.15) is 33.1 Å². The largest absolute Gasteiger partial charge is 0.400 e. The number of nitrogen functional groups attached to an aromatic ring is 1. The lowest BCUT2D eigenvalue weighted by Gasteiger charge is -2.40. The Bertz CT molecular complexity index is 1130. The van der Waals surface area contributed by atoms with Crippen LogP contribution in [-0.4, -0.2) is 59.1 Å². The smallest absolute Gasteiger partial charge is 0.255 e. The number of carbonyl (C=O) groups is 1. The number of piperazine rings is 1.